The Hall–Kier alpha value is -2.05. The van der Waals surface area contributed by atoms with Gasteiger partial charge in [-0.3, -0.25) is 0 Å². The summed E-state index contributed by atoms with van der Waals surface area (Å²) in [5, 5.41) is 5.20. The van der Waals surface area contributed by atoms with E-state index in [1.54, 1.807) is 0 Å². The average molecular weight is 447 g/mol. The van der Waals surface area contributed by atoms with Crippen molar-refractivity contribution in [3.8, 4) is 11.1 Å². The highest BCUT2D eigenvalue weighted by atomic mass is 32.2. The van der Waals surface area contributed by atoms with Crippen molar-refractivity contribution in [3.05, 3.63) is 58.3 Å². The molecule has 0 bridgehead atoms. The van der Waals surface area contributed by atoms with Crippen LogP contribution in [0.5, 0.6) is 0 Å². The van der Waals surface area contributed by atoms with E-state index in [9.17, 15) is 4.21 Å². The summed E-state index contributed by atoms with van der Waals surface area (Å²) in [6.45, 7) is 4.33. The van der Waals surface area contributed by atoms with Crippen LogP contribution < -0.4 is 0 Å². The zero-order valence-electron chi connectivity index (χ0n) is 15.7. The lowest BCUT2D eigenvalue weighted by atomic mass is 9.96. The van der Waals surface area contributed by atoms with Crippen molar-refractivity contribution < 1.29 is 4.21 Å². The molecule has 1 unspecified atom stereocenters. The number of fused-ring (bicyclic) bond motifs is 11. The molecule has 3 aromatic heterocycles. The van der Waals surface area contributed by atoms with Crippen LogP contribution in [0.4, 0.5) is 0 Å². The monoisotopic (exact) mass is 446 g/mol. The van der Waals surface area contributed by atoms with E-state index in [2.05, 4.69) is 62.4 Å². The van der Waals surface area contributed by atoms with Crippen molar-refractivity contribution >= 4 is 85.2 Å². The van der Waals surface area contributed by atoms with Gasteiger partial charge in [0.1, 0.15) is 0 Å². The quantitative estimate of drug-likeness (QED) is 0.229. The number of aryl methyl sites for hydroxylation is 2. The molecular formula is C24H14OS4. The topological polar surface area (TPSA) is 17.1 Å². The lowest BCUT2D eigenvalue weighted by Crippen LogP contribution is -1.85. The highest BCUT2D eigenvalue weighted by molar-refractivity contribution is 7.85. The van der Waals surface area contributed by atoms with Crippen molar-refractivity contribution in [1.29, 1.82) is 0 Å². The minimum absolute atomic E-state index is 0.964. The minimum Gasteiger partial charge on any atom is -0.249 e. The van der Waals surface area contributed by atoms with Crippen LogP contribution in [0.15, 0.2) is 58.3 Å². The van der Waals surface area contributed by atoms with Gasteiger partial charge in [-0.25, -0.2) is 4.21 Å². The van der Waals surface area contributed by atoms with Gasteiger partial charge >= 0.3 is 0 Å². The Morgan fingerprint density at radius 1 is 0.621 bits per heavy atom. The molecule has 0 amide bonds. The summed E-state index contributed by atoms with van der Waals surface area (Å²) in [6.07, 6.45) is 0. The maximum atomic E-state index is 13.4. The molecule has 0 N–H and O–H groups in total. The molecule has 1 aliphatic heterocycles. The molecule has 1 nitrogen and oxygen atoms in total. The largest absolute Gasteiger partial charge is 0.249 e. The molecule has 0 fully saturated rings. The molecule has 7 rings (SSSR count). The van der Waals surface area contributed by atoms with Gasteiger partial charge in [0.2, 0.25) is 0 Å². The van der Waals surface area contributed by atoms with Gasteiger partial charge in [-0.05, 0) is 62.4 Å². The fourth-order valence-corrected chi connectivity index (χ4v) is 9.13. The molecule has 5 heteroatoms. The predicted octanol–water partition coefficient (Wildman–Crippen LogP) is 8.25. The molecule has 4 heterocycles. The fourth-order valence-electron chi connectivity index (χ4n) is 4.73. The maximum Gasteiger partial charge on any atom is 0.0862 e. The van der Waals surface area contributed by atoms with Crippen molar-refractivity contribution in [2.75, 3.05) is 0 Å². The van der Waals surface area contributed by atoms with Crippen molar-refractivity contribution in [1.82, 2.24) is 0 Å². The minimum atomic E-state index is -1.12. The highest BCUT2D eigenvalue weighted by Crippen LogP contribution is 2.53. The first kappa shape index (κ1) is 16.7. The number of hydrogen-bond acceptors (Lipinski definition) is 4. The van der Waals surface area contributed by atoms with Crippen LogP contribution in [-0.2, 0) is 10.8 Å². The van der Waals surface area contributed by atoms with Crippen molar-refractivity contribution in [2.45, 2.75) is 23.6 Å². The summed E-state index contributed by atoms with van der Waals surface area (Å²) < 4.78 is 18.6. The molecule has 0 aliphatic carbocycles. The number of thiophene rings is 3. The first-order valence-corrected chi connectivity index (χ1v) is 13.0. The third kappa shape index (κ3) is 2.06. The van der Waals surface area contributed by atoms with Crippen molar-refractivity contribution in [3.63, 3.8) is 0 Å². The standard InChI is InChI=1S/C24H14OS4/c1-11-9-13-15(26-11)3-4-17-21(13)23-18(28-17)6-8-20-24(23)22-14-10-12(2)27-16(14)5-7-19(22)29(20)25/h3-10H,1-2H3. The first-order chi connectivity index (χ1) is 14.1. The Morgan fingerprint density at radius 2 is 1.17 bits per heavy atom. The molecule has 0 saturated carbocycles. The van der Waals surface area contributed by atoms with E-state index < -0.39 is 10.8 Å². The summed E-state index contributed by atoms with van der Waals surface area (Å²) in [5.74, 6) is 0. The molecule has 0 spiro atoms. The normalized spacial score (nSPS) is 15.7. The average Bonchev–Trinajstić information content (AvgIpc) is 3.42. The zero-order valence-corrected chi connectivity index (χ0v) is 18.9. The predicted molar refractivity (Wildman–Crippen MR) is 130 cm³/mol. The van der Waals surface area contributed by atoms with E-state index in [1.165, 1.54) is 61.2 Å². The number of benzene rings is 3. The molecule has 0 radical (unpaired) electrons. The Morgan fingerprint density at radius 3 is 1.97 bits per heavy atom. The van der Waals surface area contributed by atoms with Crippen LogP contribution in [0.25, 0.3) is 51.5 Å². The number of hydrogen-bond donors (Lipinski definition) is 0. The van der Waals surface area contributed by atoms with Gasteiger partial charge in [-0.2, -0.15) is 0 Å². The molecule has 140 valence electrons. The number of rotatable bonds is 0. The lowest BCUT2D eigenvalue weighted by Gasteiger charge is -2.05. The molecule has 3 aromatic carbocycles. The zero-order chi connectivity index (χ0) is 19.4. The summed E-state index contributed by atoms with van der Waals surface area (Å²) in [5.41, 5.74) is 2.39. The van der Waals surface area contributed by atoms with E-state index in [0.29, 0.717) is 0 Å². The van der Waals surface area contributed by atoms with E-state index in [1.807, 2.05) is 34.0 Å². The first-order valence-electron chi connectivity index (χ1n) is 9.44. The summed E-state index contributed by atoms with van der Waals surface area (Å²) in [6, 6.07) is 17.6. The van der Waals surface area contributed by atoms with E-state index in [-0.39, 0.29) is 0 Å². The Bertz CT molecular complexity index is 1690. The molecule has 6 aromatic rings. The van der Waals surface area contributed by atoms with Gasteiger partial charge in [-0.15, -0.1) is 34.0 Å². The van der Waals surface area contributed by atoms with Crippen LogP contribution in [0.2, 0.25) is 0 Å². The molecule has 1 aliphatic rings. The van der Waals surface area contributed by atoms with Gasteiger partial charge in [0, 0.05) is 61.2 Å². The SMILES string of the molecule is Cc1cc2c3c(ccc2s1)S(=O)c1ccc2sc4ccc5sc(C)cc5c4c2c1-3. The Labute approximate surface area is 181 Å². The summed E-state index contributed by atoms with van der Waals surface area (Å²) in [7, 11) is -1.12. The smallest absolute Gasteiger partial charge is 0.0862 e. The Kier molecular flexibility index (Phi) is 3.20. The second-order valence-corrected chi connectivity index (χ2v) is 12.7. The van der Waals surface area contributed by atoms with Crippen LogP contribution >= 0.6 is 34.0 Å². The second-order valence-electron chi connectivity index (χ2n) is 7.60. The fraction of sp³-hybridized carbons (Fsp3) is 0.0833. The van der Waals surface area contributed by atoms with Gasteiger partial charge in [0.15, 0.2) is 0 Å². The third-order valence-corrected chi connectivity index (χ3v) is 10.5. The maximum absolute atomic E-state index is 13.4. The van der Waals surface area contributed by atoms with Gasteiger partial charge in [0.05, 0.1) is 20.6 Å². The molecule has 0 saturated heterocycles. The van der Waals surface area contributed by atoms with Gasteiger partial charge in [-0.1, -0.05) is 0 Å². The lowest BCUT2D eigenvalue weighted by molar-refractivity contribution is 0.685. The van der Waals surface area contributed by atoms with Crippen LogP contribution in [-0.4, -0.2) is 4.21 Å². The van der Waals surface area contributed by atoms with E-state index in [4.69, 9.17) is 0 Å². The van der Waals surface area contributed by atoms with Crippen LogP contribution in [0.1, 0.15) is 9.75 Å². The summed E-state index contributed by atoms with van der Waals surface area (Å²) >= 11 is 5.51. The Balaban J connectivity index is 1.77. The molecule has 29 heavy (non-hydrogen) atoms. The van der Waals surface area contributed by atoms with Crippen molar-refractivity contribution in [2.24, 2.45) is 0 Å². The van der Waals surface area contributed by atoms with Gasteiger partial charge < -0.3 is 0 Å². The molecular weight excluding hydrogens is 433 g/mol. The van der Waals surface area contributed by atoms with Gasteiger partial charge in [0.25, 0.3) is 0 Å². The third-order valence-electron chi connectivity index (χ3n) is 5.82. The molecule has 1 atom stereocenters. The van der Waals surface area contributed by atoms with E-state index >= 15 is 0 Å². The van der Waals surface area contributed by atoms with Crippen LogP contribution in [0.3, 0.4) is 0 Å². The highest BCUT2D eigenvalue weighted by Gasteiger charge is 2.31. The van der Waals surface area contributed by atoms with Crippen LogP contribution in [0, 0.1) is 13.8 Å². The van der Waals surface area contributed by atoms with E-state index in [0.717, 1.165) is 9.79 Å². The second kappa shape index (κ2) is 5.55. The summed E-state index contributed by atoms with van der Waals surface area (Å²) in [4.78, 5) is 4.56.